The molecule has 1 unspecified atom stereocenters. The summed E-state index contributed by atoms with van der Waals surface area (Å²) in [6.07, 6.45) is 2.12. The van der Waals surface area contributed by atoms with Crippen molar-refractivity contribution in [2.24, 2.45) is 0 Å². The standard InChI is InChI=1S/C13H15FN2O2/c14-9-2-3-11-10(6-9)16-12(17)7-13(18-11)4-1-5-15-8-13/h2-3,6,15H,1,4-5,7-8H2,(H,16,17). The van der Waals surface area contributed by atoms with Crippen molar-refractivity contribution in [1.82, 2.24) is 5.32 Å². The van der Waals surface area contributed by atoms with Crippen LogP contribution in [0.3, 0.4) is 0 Å². The number of halogens is 1. The number of rotatable bonds is 0. The van der Waals surface area contributed by atoms with E-state index in [9.17, 15) is 9.18 Å². The number of carbonyl (C=O) groups excluding carboxylic acids is 1. The van der Waals surface area contributed by atoms with Crippen LogP contribution in [-0.4, -0.2) is 24.6 Å². The highest BCUT2D eigenvalue weighted by atomic mass is 19.1. The van der Waals surface area contributed by atoms with Crippen molar-refractivity contribution in [1.29, 1.82) is 0 Å². The second-order valence-electron chi connectivity index (χ2n) is 4.93. The number of carbonyl (C=O) groups is 1. The van der Waals surface area contributed by atoms with Gasteiger partial charge >= 0.3 is 0 Å². The molecule has 5 heteroatoms. The van der Waals surface area contributed by atoms with Gasteiger partial charge in [0.1, 0.15) is 17.2 Å². The Morgan fingerprint density at radius 2 is 2.28 bits per heavy atom. The third kappa shape index (κ3) is 2.06. The van der Waals surface area contributed by atoms with Crippen LogP contribution in [0, 0.1) is 5.82 Å². The van der Waals surface area contributed by atoms with Gasteiger partial charge in [-0.25, -0.2) is 4.39 Å². The molecule has 0 saturated carbocycles. The van der Waals surface area contributed by atoms with Gasteiger partial charge in [0.2, 0.25) is 5.91 Å². The van der Waals surface area contributed by atoms with Gasteiger partial charge in [0.15, 0.2) is 0 Å². The fourth-order valence-electron chi connectivity index (χ4n) is 2.62. The molecule has 3 rings (SSSR count). The van der Waals surface area contributed by atoms with Crippen molar-refractivity contribution < 1.29 is 13.9 Å². The molecule has 96 valence electrons. The smallest absolute Gasteiger partial charge is 0.228 e. The number of piperidine rings is 1. The van der Waals surface area contributed by atoms with Gasteiger partial charge < -0.3 is 15.4 Å². The van der Waals surface area contributed by atoms with Crippen LogP contribution in [0.1, 0.15) is 19.3 Å². The van der Waals surface area contributed by atoms with Gasteiger partial charge in [-0.05, 0) is 31.5 Å². The molecule has 1 saturated heterocycles. The van der Waals surface area contributed by atoms with Gasteiger partial charge in [0, 0.05) is 12.6 Å². The summed E-state index contributed by atoms with van der Waals surface area (Å²) >= 11 is 0. The monoisotopic (exact) mass is 250 g/mol. The average Bonchev–Trinajstić information content (AvgIpc) is 2.45. The average molecular weight is 250 g/mol. The molecule has 2 aliphatic rings. The minimum Gasteiger partial charge on any atom is -0.483 e. The van der Waals surface area contributed by atoms with Gasteiger partial charge in [-0.15, -0.1) is 0 Å². The van der Waals surface area contributed by atoms with Crippen LogP contribution >= 0.6 is 0 Å². The first kappa shape index (κ1) is 11.5. The van der Waals surface area contributed by atoms with E-state index in [0.717, 1.165) is 19.4 Å². The lowest BCUT2D eigenvalue weighted by Crippen LogP contribution is -2.51. The molecule has 0 aliphatic carbocycles. The summed E-state index contributed by atoms with van der Waals surface area (Å²) in [7, 11) is 0. The molecule has 1 aromatic carbocycles. The first-order valence-electron chi connectivity index (χ1n) is 6.16. The minimum atomic E-state index is -0.495. The molecule has 1 fully saturated rings. The molecule has 1 amide bonds. The fourth-order valence-corrected chi connectivity index (χ4v) is 2.62. The van der Waals surface area contributed by atoms with E-state index < -0.39 is 5.60 Å². The third-order valence-electron chi connectivity index (χ3n) is 3.46. The Morgan fingerprint density at radius 1 is 1.39 bits per heavy atom. The largest absolute Gasteiger partial charge is 0.483 e. The lowest BCUT2D eigenvalue weighted by atomic mass is 9.90. The molecular weight excluding hydrogens is 235 g/mol. The van der Waals surface area contributed by atoms with E-state index in [1.165, 1.54) is 12.1 Å². The molecule has 2 heterocycles. The molecule has 1 spiro atoms. The molecule has 2 N–H and O–H groups in total. The predicted octanol–water partition coefficient (Wildman–Crippen LogP) is 1.67. The van der Waals surface area contributed by atoms with Crippen molar-refractivity contribution >= 4 is 11.6 Å². The summed E-state index contributed by atoms with van der Waals surface area (Å²) in [5.41, 5.74) is -0.0757. The number of hydrogen-bond acceptors (Lipinski definition) is 3. The van der Waals surface area contributed by atoms with Crippen LogP contribution in [-0.2, 0) is 4.79 Å². The van der Waals surface area contributed by atoms with Gasteiger partial charge in [0.05, 0.1) is 12.1 Å². The summed E-state index contributed by atoms with van der Waals surface area (Å²) in [6.45, 7) is 1.60. The molecule has 4 nitrogen and oxygen atoms in total. The lowest BCUT2D eigenvalue weighted by molar-refractivity contribution is -0.120. The zero-order valence-electron chi connectivity index (χ0n) is 9.96. The Morgan fingerprint density at radius 3 is 3.06 bits per heavy atom. The summed E-state index contributed by atoms with van der Waals surface area (Å²) in [5, 5.41) is 5.96. The fraction of sp³-hybridized carbons (Fsp3) is 0.462. The molecule has 0 radical (unpaired) electrons. The van der Waals surface area contributed by atoms with Crippen molar-refractivity contribution in [3.05, 3.63) is 24.0 Å². The molecule has 18 heavy (non-hydrogen) atoms. The Hall–Kier alpha value is -1.62. The first-order chi connectivity index (χ1) is 8.67. The van der Waals surface area contributed by atoms with E-state index in [4.69, 9.17) is 4.74 Å². The SMILES string of the molecule is O=C1CC2(CCCNC2)Oc2ccc(F)cc2N1. The number of amides is 1. The molecule has 0 bridgehead atoms. The highest BCUT2D eigenvalue weighted by Crippen LogP contribution is 2.36. The molecule has 0 aromatic heterocycles. The van der Waals surface area contributed by atoms with Crippen LogP contribution in [0.2, 0.25) is 0 Å². The maximum Gasteiger partial charge on any atom is 0.228 e. The molecule has 1 aromatic rings. The van der Waals surface area contributed by atoms with Crippen molar-refractivity contribution in [3.63, 3.8) is 0 Å². The second-order valence-corrected chi connectivity index (χ2v) is 4.93. The van der Waals surface area contributed by atoms with E-state index in [1.54, 1.807) is 6.07 Å². The lowest BCUT2D eigenvalue weighted by Gasteiger charge is -2.36. The minimum absolute atomic E-state index is 0.122. The zero-order chi connectivity index (χ0) is 12.6. The van der Waals surface area contributed by atoms with Crippen LogP contribution in [0.25, 0.3) is 0 Å². The van der Waals surface area contributed by atoms with Gasteiger partial charge in [-0.3, -0.25) is 4.79 Å². The van der Waals surface area contributed by atoms with Crippen molar-refractivity contribution in [2.45, 2.75) is 24.9 Å². The van der Waals surface area contributed by atoms with Crippen LogP contribution in [0.5, 0.6) is 5.75 Å². The highest BCUT2D eigenvalue weighted by molar-refractivity contribution is 5.93. The van der Waals surface area contributed by atoms with Gasteiger partial charge in [-0.2, -0.15) is 0 Å². The second kappa shape index (κ2) is 4.24. The summed E-state index contributed by atoms with van der Waals surface area (Å²) in [6, 6.07) is 4.22. The Balaban J connectivity index is 1.97. The summed E-state index contributed by atoms with van der Waals surface area (Å²) in [4.78, 5) is 11.9. The topological polar surface area (TPSA) is 50.4 Å². The van der Waals surface area contributed by atoms with E-state index in [1.807, 2.05) is 0 Å². The van der Waals surface area contributed by atoms with Crippen LogP contribution in [0.15, 0.2) is 18.2 Å². The van der Waals surface area contributed by atoms with E-state index >= 15 is 0 Å². The Bertz CT molecular complexity index is 484. The van der Waals surface area contributed by atoms with E-state index in [-0.39, 0.29) is 11.7 Å². The number of hydrogen-bond donors (Lipinski definition) is 2. The maximum atomic E-state index is 13.2. The zero-order valence-corrected chi connectivity index (χ0v) is 9.96. The van der Waals surface area contributed by atoms with Crippen LogP contribution in [0.4, 0.5) is 10.1 Å². The first-order valence-corrected chi connectivity index (χ1v) is 6.16. The molecule has 1 atom stereocenters. The van der Waals surface area contributed by atoms with Gasteiger partial charge in [-0.1, -0.05) is 0 Å². The summed E-state index contributed by atoms with van der Waals surface area (Å²) < 4.78 is 19.2. The van der Waals surface area contributed by atoms with Crippen molar-refractivity contribution in [2.75, 3.05) is 18.4 Å². The molecular formula is C13H15FN2O2. The predicted molar refractivity (Wildman–Crippen MR) is 65.1 cm³/mol. The number of ether oxygens (including phenoxy) is 1. The number of anilines is 1. The third-order valence-corrected chi connectivity index (χ3v) is 3.46. The Kier molecular flexibility index (Phi) is 2.70. The molecule has 2 aliphatic heterocycles. The highest BCUT2D eigenvalue weighted by Gasteiger charge is 2.39. The Labute approximate surface area is 105 Å². The summed E-state index contributed by atoms with van der Waals surface area (Å²) in [5.74, 6) is 0.0457. The van der Waals surface area contributed by atoms with E-state index in [0.29, 0.717) is 24.4 Å². The maximum absolute atomic E-state index is 13.2. The van der Waals surface area contributed by atoms with E-state index in [2.05, 4.69) is 10.6 Å². The number of nitrogens with one attached hydrogen (secondary N) is 2. The van der Waals surface area contributed by atoms with Crippen molar-refractivity contribution in [3.8, 4) is 5.75 Å². The number of fused-ring (bicyclic) bond motifs is 1. The quantitative estimate of drug-likeness (QED) is 0.736. The van der Waals surface area contributed by atoms with Crippen LogP contribution < -0.4 is 15.4 Å². The number of benzene rings is 1. The normalized spacial score (nSPS) is 27.1. The van der Waals surface area contributed by atoms with Gasteiger partial charge in [0.25, 0.3) is 0 Å².